The molecule has 1 aromatic rings. The summed E-state index contributed by atoms with van der Waals surface area (Å²) in [5.41, 5.74) is 6.07. The maximum absolute atomic E-state index is 3.74. The second-order valence-electron chi connectivity index (χ2n) is 6.42. The van der Waals surface area contributed by atoms with E-state index in [9.17, 15) is 0 Å². The van der Waals surface area contributed by atoms with Crippen molar-refractivity contribution in [1.29, 1.82) is 0 Å². The van der Waals surface area contributed by atoms with Gasteiger partial charge in [-0.2, -0.15) is 0 Å². The van der Waals surface area contributed by atoms with E-state index in [0.717, 1.165) is 0 Å². The molecule has 1 atom stereocenters. The van der Waals surface area contributed by atoms with Gasteiger partial charge in [0.1, 0.15) is 0 Å². The first-order valence-corrected chi connectivity index (χ1v) is 6.81. The minimum absolute atomic E-state index is 0.236. The lowest BCUT2D eigenvalue weighted by Crippen LogP contribution is -2.41. The normalized spacial score (nSPS) is 22.8. The molecule has 3 rings (SSSR count). The van der Waals surface area contributed by atoms with Gasteiger partial charge in [0.2, 0.25) is 0 Å². The van der Waals surface area contributed by atoms with Gasteiger partial charge in [-0.3, -0.25) is 0 Å². The van der Waals surface area contributed by atoms with Gasteiger partial charge in [-0.15, -0.1) is 0 Å². The maximum atomic E-state index is 3.74. The zero-order valence-corrected chi connectivity index (χ0v) is 11.5. The summed E-state index contributed by atoms with van der Waals surface area (Å²) in [6, 6.07) is 11.3. The Labute approximate surface area is 110 Å². The fraction of sp³-hybridized carbons (Fsp3) is 0.412. The summed E-state index contributed by atoms with van der Waals surface area (Å²) in [5.74, 6) is 0. The molecule has 1 nitrogen and oxygen atoms in total. The molecule has 0 spiro atoms. The number of hydrogen-bond acceptors (Lipinski definition) is 1. The van der Waals surface area contributed by atoms with Crippen molar-refractivity contribution in [3.63, 3.8) is 0 Å². The van der Waals surface area contributed by atoms with Gasteiger partial charge >= 0.3 is 0 Å². The smallest absolute Gasteiger partial charge is 0.0567 e. The predicted molar refractivity (Wildman–Crippen MR) is 77.1 cm³/mol. The van der Waals surface area contributed by atoms with E-state index in [1.165, 1.54) is 35.2 Å². The third-order valence-electron chi connectivity index (χ3n) is 3.93. The lowest BCUT2D eigenvalue weighted by molar-refractivity contribution is 0.337. The Morgan fingerprint density at radius 1 is 1.06 bits per heavy atom. The second kappa shape index (κ2) is 4.01. The zero-order valence-electron chi connectivity index (χ0n) is 11.5. The predicted octanol–water partition coefficient (Wildman–Crippen LogP) is 4.14. The molecule has 1 heterocycles. The Bertz CT molecular complexity index is 514. The van der Waals surface area contributed by atoms with Crippen LogP contribution in [0.4, 0.5) is 0 Å². The van der Waals surface area contributed by atoms with E-state index < -0.39 is 0 Å². The summed E-state index contributed by atoms with van der Waals surface area (Å²) in [5, 5.41) is 3.74. The SMILES string of the molecule is CC(C)(C)C1NC2=CC(=C1c1ccccc1)CC2. The number of rotatable bonds is 1. The van der Waals surface area contributed by atoms with Gasteiger partial charge in [-0.1, -0.05) is 51.1 Å². The van der Waals surface area contributed by atoms with Gasteiger partial charge < -0.3 is 5.32 Å². The van der Waals surface area contributed by atoms with Crippen molar-refractivity contribution >= 4 is 5.57 Å². The fourth-order valence-electron chi connectivity index (χ4n) is 3.01. The van der Waals surface area contributed by atoms with Gasteiger partial charge in [0.05, 0.1) is 6.04 Å². The average Bonchev–Trinajstić information content (AvgIpc) is 2.71. The molecule has 1 aliphatic carbocycles. The quantitative estimate of drug-likeness (QED) is 0.776. The molecule has 1 heteroatoms. The molecule has 0 saturated heterocycles. The first-order valence-electron chi connectivity index (χ1n) is 6.81. The monoisotopic (exact) mass is 239 g/mol. The molecule has 1 N–H and O–H groups in total. The first kappa shape index (κ1) is 11.6. The zero-order chi connectivity index (χ0) is 12.8. The number of fused-ring (bicyclic) bond motifs is 1. The third kappa shape index (κ3) is 1.88. The van der Waals surface area contributed by atoms with Crippen LogP contribution < -0.4 is 5.32 Å². The molecule has 0 radical (unpaired) electrons. The molecule has 0 aromatic heterocycles. The van der Waals surface area contributed by atoms with Crippen molar-refractivity contribution in [1.82, 2.24) is 5.32 Å². The van der Waals surface area contributed by atoms with Crippen molar-refractivity contribution in [3.05, 3.63) is 53.2 Å². The van der Waals surface area contributed by atoms with E-state index in [1.807, 2.05) is 0 Å². The van der Waals surface area contributed by atoms with Crippen molar-refractivity contribution < 1.29 is 0 Å². The molecule has 94 valence electrons. The summed E-state index contributed by atoms with van der Waals surface area (Å²) in [7, 11) is 0. The Morgan fingerprint density at radius 2 is 1.78 bits per heavy atom. The van der Waals surface area contributed by atoms with Crippen molar-refractivity contribution in [2.45, 2.75) is 39.7 Å². The van der Waals surface area contributed by atoms with Gasteiger partial charge in [-0.05, 0) is 41.0 Å². The first-order chi connectivity index (χ1) is 8.55. The number of dihydropyridines is 1. The lowest BCUT2D eigenvalue weighted by Gasteiger charge is -2.37. The highest BCUT2D eigenvalue weighted by Crippen LogP contribution is 2.42. The Balaban J connectivity index is 2.12. The Hall–Kier alpha value is -1.50. The van der Waals surface area contributed by atoms with E-state index in [1.54, 1.807) is 0 Å². The molecular formula is C17H21N. The number of allylic oxidation sites excluding steroid dienone is 3. The van der Waals surface area contributed by atoms with Crippen LogP contribution in [0.25, 0.3) is 5.57 Å². The average molecular weight is 239 g/mol. The second-order valence-corrected chi connectivity index (χ2v) is 6.42. The van der Waals surface area contributed by atoms with Crippen molar-refractivity contribution in [2.24, 2.45) is 5.41 Å². The van der Waals surface area contributed by atoms with Crippen LogP contribution in [0.3, 0.4) is 0 Å². The third-order valence-corrected chi connectivity index (χ3v) is 3.93. The summed E-state index contributed by atoms with van der Waals surface area (Å²) in [6.07, 6.45) is 4.72. The van der Waals surface area contributed by atoms with Crippen LogP contribution in [-0.4, -0.2) is 6.04 Å². The molecule has 2 aliphatic rings. The topological polar surface area (TPSA) is 12.0 Å². The molecule has 1 unspecified atom stereocenters. The molecule has 18 heavy (non-hydrogen) atoms. The maximum Gasteiger partial charge on any atom is 0.0567 e. The van der Waals surface area contributed by atoms with Crippen LogP contribution >= 0.6 is 0 Å². The van der Waals surface area contributed by atoms with Gasteiger partial charge in [0.25, 0.3) is 0 Å². The Morgan fingerprint density at radius 3 is 2.44 bits per heavy atom. The van der Waals surface area contributed by atoms with Gasteiger partial charge in [0.15, 0.2) is 0 Å². The van der Waals surface area contributed by atoms with E-state index in [-0.39, 0.29) is 5.41 Å². The highest BCUT2D eigenvalue weighted by Gasteiger charge is 2.35. The van der Waals surface area contributed by atoms with E-state index in [4.69, 9.17) is 0 Å². The highest BCUT2D eigenvalue weighted by molar-refractivity contribution is 5.78. The summed E-state index contributed by atoms with van der Waals surface area (Å²) in [6.45, 7) is 6.96. The lowest BCUT2D eigenvalue weighted by atomic mass is 9.77. The van der Waals surface area contributed by atoms with Crippen LogP contribution in [0.2, 0.25) is 0 Å². The van der Waals surface area contributed by atoms with E-state index >= 15 is 0 Å². The van der Waals surface area contributed by atoms with E-state index in [0.29, 0.717) is 6.04 Å². The van der Waals surface area contributed by atoms with Crippen molar-refractivity contribution in [3.8, 4) is 0 Å². The minimum atomic E-state index is 0.236. The number of hydrogen-bond donors (Lipinski definition) is 1. The van der Waals surface area contributed by atoms with Crippen LogP contribution in [-0.2, 0) is 0 Å². The molecule has 1 aromatic carbocycles. The summed E-state index contributed by atoms with van der Waals surface area (Å²) < 4.78 is 0. The summed E-state index contributed by atoms with van der Waals surface area (Å²) >= 11 is 0. The van der Waals surface area contributed by atoms with Gasteiger partial charge in [0, 0.05) is 5.70 Å². The molecular weight excluding hydrogens is 218 g/mol. The number of benzene rings is 1. The van der Waals surface area contributed by atoms with Crippen LogP contribution in [0.15, 0.2) is 47.7 Å². The summed E-state index contributed by atoms with van der Waals surface area (Å²) in [4.78, 5) is 0. The molecule has 1 aliphatic heterocycles. The van der Waals surface area contributed by atoms with Crippen LogP contribution in [0.1, 0.15) is 39.2 Å². The fourth-order valence-corrected chi connectivity index (χ4v) is 3.01. The van der Waals surface area contributed by atoms with Gasteiger partial charge in [-0.25, -0.2) is 0 Å². The highest BCUT2D eigenvalue weighted by atomic mass is 15.0. The molecule has 0 amide bonds. The minimum Gasteiger partial charge on any atom is -0.381 e. The van der Waals surface area contributed by atoms with Crippen molar-refractivity contribution in [2.75, 3.05) is 0 Å². The number of nitrogens with one attached hydrogen (secondary N) is 1. The Kier molecular flexibility index (Phi) is 2.58. The molecule has 0 saturated carbocycles. The largest absolute Gasteiger partial charge is 0.381 e. The van der Waals surface area contributed by atoms with Crippen LogP contribution in [0, 0.1) is 5.41 Å². The van der Waals surface area contributed by atoms with Crippen LogP contribution in [0.5, 0.6) is 0 Å². The molecule has 0 fully saturated rings. The standard InChI is InChI=1S/C17H21N/c1-17(2,3)16-15(12-7-5-4-6-8-12)13-9-10-14(11-13)18-16/h4-8,11,16,18H,9-10H2,1-3H3. The molecule has 2 bridgehead atoms. The van der Waals surface area contributed by atoms with E-state index in [2.05, 4.69) is 62.5 Å².